The second-order valence-corrected chi connectivity index (χ2v) is 2.18. The van der Waals surface area contributed by atoms with Gasteiger partial charge in [0.05, 0.1) is 0 Å². The number of hydrogen-bond acceptors (Lipinski definition) is 3. The predicted octanol–water partition coefficient (Wildman–Crippen LogP) is -1.81. The Balaban J connectivity index is 2.74. The summed E-state index contributed by atoms with van der Waals surface area (Å²) in [7, 11) is 1.96. The first-order chi connectivity index (χ1) is 4.20. The summed E-state index contributed by atoms with van der Waals surface area (Å²) < 4.78 is 0. The van der Waals surface area contributed by atoms with Crippen LogP contribution in [-0.4, -0.2) is 14.0 Å². The van der Waals surface area contributed by atoms with Crippen LogP contribution in [0.2, 0.25) is 0 Å². The molecular formula is C5H10BN3. The Bertz CT molecular complexity index is 173. The molecule has 1 aliphatic heterocycles. The van der Waals surface area contributed by atoms with E-state index in [9.17, 15) is 0 Å². The summed E-state index contributed by atoms with van der Waals surface area (Å²) in [5.74, 6) is 0. The molecule has 0 spiro atoms. The number of allylic oxidation sites excluding steroid dienone is 2. The summed E-state index contributed by atoms with van der Waals surface area (Å²) >= 11 is 0. The van der Waals surface area contributed by atoms with Crippen LogP contribution >= 0.6 is 0 Å². The summed E-state index contributed by atoms with van der Waals surface area (Å²) in [6.07, 6.45) is 3.51. The van der Waals surface area contributed by atoms with Crippen LogP contribution < -0.4 is 16.8 Å². The highest BCUT2D eigenvalue weighted by Gasteiger charge is 2.05. The van der Waals surface area contributed by atoms with E-state index in [1.807, 2.05) is 20.1 Å². The molecule has 4 heteroatoms. The average Bonchev–Trinajstić information content (AvgIpc) is 1.80. The maximum absolute atomic E-state index is 5.50. The van der Waals surface area contributed by atoms with Crippen molar-refractivity contribution >= 4 is 7.85 Å². The maximum atomic E-state index is 5.50. The van der Waals surface area contributed by atoms with Crippen molar-refractivity contribution < 1.29 is 0 Å². The minimum Gasteiger partial charge on any atom is -0.399 e. The monoisotopic (exact) mass is 123 g/mol. The molecule has 0 bridgehead atoms. The third-order valence-corrected chi connectivity index (χ3v) is 1.24. The van der Waals surface area contributed by atoms with Gasteiger partial charge in [-0.2, -0.15) is 0 Å². The van der Waals surface area contributed by atoms with Gasteiger partial charge in [-0.05, 0) is 12.3 Å². The number of dihydropyridines is 1. The molecule has 0 aromatic carbocycles. The van der Waals surface area contributed by atoms with Gasteiger partial charge in [0, 0.05) is 5.70 Å². The highest BCUT2D eigenvalue weighted by molar-refractivity contribution is 6.23. The van der Waals surface area contributed by atoms with Crippen molar-refractivity contribution in [3.63, 3.8) is 0 Å². The zero-order valence-corrected chi connectivity index (χ0v) is 5.39. The van der Waals surface area contributed by atoms with Gasteiger partial charge >= 0.3 is 0 Å². The van der Waals surface area contributed by atoms with E-state index in [-0.39, 0.29) is 6.17 Å². The largest absolute Gasteiger partial charge is 0.399 e. The van der Waals surface area contributed by atoms with E-state index in [1.165, 1.54) is 0 Å². The van der Waals surface area contributed by atoms with Crippen molar-refractivity contribution in [2.75, 3.05) is 0 Å². The first-order valence-corrected chi connectivity index (χ1v) is 2.85. The van der Waals surface area contributed by atoms with Crippen LogP contribution in [0.25, 0.3) is 0 Å². The van der Waals surface area contributed by atoms with E-state index in [2.05, 4.69) is 5.32 Å². The number of hydrogen-bond donors (Lipinski definition) is 3. The van der Waals surface area contributed by atoms with Crippen LogP contribution in [0.15, 0.2) is 23.4 Å². The number of rotatable bonds is 0. The van der Waals surface area contributed by atoms with E-state index < -0.39 is 0 Å². The zero-order chi connectivity index (χ0) is 6.85. The fourth-order valence-corrected chi connectivity index (χ4v) is 0.712. The van der Waals surface area contributed by atoms with Crippen LogP contribution in [0, 0.1) is 0 Å². The Kier molecular flexibility index (Phi) is 1.49. The zero-order valence-electron chi connectivity index (χ0n) is 5.39. The fourth-order valence-electron chi connectivity index (χ4n) is 0.712. The van der Waals surface area contributed by atoms with Gasteiger partial charge in [0.25, 0.3) is 0 Å². The van der Waals surface area contributed by atoms with Gasteiger partial charge in [-0.1, -0.05) is 5.47 Å². The second-order valence-electron chi connectivity index (χ2n) is 2.18. The molecule has 48 valence electrons. The molecule has 3 nitrogen and oxygen atoms in total. The van der Waals surface area contributed by atoms with Crippen molar-refractivity contribution in [1.29, 1.82) is 0 Å². The average molecular weight is 123 g/mol. The van der Waals surface area contributed by atoms with Gasteiger partial charge in [0.1, 0.15) is 14.0 Å². The normalized spacial score (nSPS) is 26.1. The highest BCUT2D eigenvalue weighted by Crippen LogP contribution is 2.00. The molecule has 0 radical (unpaired) electrons. The number of nitrogens with one attached hydrogen (secondary N) is 1. The Morgan fingerprint density at radius 3 is 2.78 bits per heavy atom. The van der Waals surface area contributed by atoms with Gasteiger partial charge in [-0.3, -0.25) is 0 Å². The molecule has 1 atom stereocenters. The molecule has 1 rings (SSSR count). The smallest absolute Gasteiger partial charge is 0.141 e. The third kappa shape index (κ3) is 1.26. The predicted molar refractivity (Wildman–Crippen MR) is 40.0 cm³/mol. The van der Waals surface area contributed by atoms with E-state index in [4.69, 9.17) is 11.5 Å². The minimum absolute atomic E-state index is 0.200. The van der Waals surface area contributed by atoms with Crippen LogP contribution in [0.3, 0.4) is 0 Å². The summed E-state index contributed by atoms with van der Waals surface area (Å²) in [6, 6.07) is 0. The standard InChI is InChI=1S/C5H10BN3/c6-3-1-4(7)5(8)9-2-3/h1-2,5,9H,6-8H2. The maximum Gasteiger partial charge on any atom is 0.141 e. The Labute approximate surface area is 55.2 Å². The molecule has 0 aromatic rings. The third-order valence-electron chi connectivity index (χ3n) is 1.24. The Morgan fingerprint density at radius 1 is 1.67 bits per heavy atom. The first kappa shape index (κ1) is 6.23. The SMILES string of the molecule is BC1=CNC(N)C(N)=C1. The van der Waals surface area contributed by atoms with Gasteiger partial charge in [0.2, 0.25) is 0 Å². The fraction of sp³-hybridized carbons (Fsp3) is 0.200. The first-order valence-electron chi connectivity index (χ1n) is 2.85. The van der Waals surface area contributed by atoms with Gasteiger partial charge in [-0.25, -0.2) is 0 Å². The highest BCUT2D eigenvalue weighted by atomic mass is 15.0. The van der Waals surface area contributed by atoms with E-state index in [1.54, 1.807) is 0 Å². The van der Waals surface area contributed by atoms with Crippen molar-refractivity contribution in [3.8, 4) is 0 Å². The lowest BCUT2D eigenvalue weighted by Gasteiger charge is -2.17. The summed E-state index contributed by atoms with van der Waals surface area (Å²) in [6.45, 7) is 0. The van der Waals surface area contributed by atoms with Crippen molar-refractivity contribution in [2.24, 2.45) is 11.5 Å². The lowest BCUT2D eigenvalue weighted by atomic mass is 9.94. The molecule has 0 saturated carbocycles. The van der Waals surface area contributed by atoms with Gasteiger partial charge in [-0.15, -0.1) is 0 Å². The lowest BCUT2D eigenvalue weighted by molar-refractivity contribution is 0.677. The molecule has 0 saturated heterocycles. The van der Waals surface area contributed by atoms with E-state index >= 15 is 0 Å². The molecule has 9 heavy (non-hydrogen) atoms. The topological polar surface area (TPSA) is 64.1 Å². The second kappa shape index (κ2) is 2.15. The molecule has 0 fully saturated rings. The molecule has 1 aliphatic rings. The Morgan fingerprint density at radius 2 is 2.33 bits per heavy atom. The van der Waals surface area contributed by atoms with Crippen molar-refractivity contribution in [1.82, 2.24) is 5.32 Å². The van der Waals surface area contributed by atoms with E-state index in [0.717, 1.165) is 5.47 Å². The lowest BCUT2D eigenvalue weighted by Crippen LogP contribution is -2.40. The molecule has 1 heterocycles. The summed E-state index contributed by atoms with van der Waals surface area (Å²) in [5.41, 5.74) is 12.8. The quantitative estimate of drug-likeness (QED) is 0.332. The van der Waals surface area contributed by atoms with Crippen molar-refractivity contribution in [2.45, 2.75) is 6.17 Å². The molecule has 1 unspecified atom stereocenters. The number of nitrogens with two attached hydrogens (primary N) is 2. The van der Waals surface area contributed by atoms with Gasteiger partial charge in [0.15, 0.2) is 0 Å². The van der Waals surface area contributed by atoms with Crippen LogP contribution in [-0.2, 0) is 0 Å². The van der Waals surface area contributed by atoms with Crippen LogP contribution in [0.4, 0.5) is 0 Å². The van der Waals surface area contributed by atoms with Crippen molar-refractivity contribution in [3.05, 3.63) is 23.4 Å². The van der Waals surface area contributed by atoms with Crippen LogP contribution in [0.5, 0.6) is 0 Å². The molecule has 0 amide bonds. The molecule has 0 aromatic heterocycles. The molecule has 5 N–H and O–H groups in total. The molecule has 0 aliphatic carbocycles. The molecular weight excluding hydrogens is 113 g/mol. The minimum atomic E-state index is -0.200. The van der Waals surface area contributed by atoms with E-state index in [0.29, 0.717) is 5.70 Å². The Hall–Kier alpha value is -0.895. The summed E-state index contributed by atoms with van der Waals surface area (Å²) in [4.78, 5) is 0. The van der Waals surface area contributed by atoms with Crippen LogP contribution in [0.1, 0.15) is 0 Å². The summed E-state index contributed by atoms with van der Waals surface area (Å²) in [5, 5.41) is 2.90. The van der Waals surface area contributed by atoms with Gasteiger partial charge < -0.3 is 16.8 Å².